The van der Waals surface area contributed by atoms with Crippen LogP contribution in [-0.4, -0.2) is 37.9 Å². The van der Waals surface area contributed by atoms with Crippen LogP contribution in [0.3, 0.4) is 0 Å². The molecule has 1 aromatic carbocycles. The van der Waals surface area contributed by atoms with Crippen LogP contribution in [0.25, 0.3) is 5.69 Å². The van der Waals surface area contributed by atoms with Gasteiger partial charge in [0.2, 0.25) is 11.1 Å². The quantitative estimate of drug-likeness (QED) is 0.819. The Morgan fingerprint density at radius 3 is 2.86 bits per heavy atom. The maximum atomic E-state index is 11.9. The molecule has 0 aliphatic heterocycles. The van der Waals surface area contributed by atoms with Crippen LogP contribution < -0.4 is 5.32 Å². The maximum absolute atomic E-state index is 11.9. The number of nitrogens with one attached hydrogen (secondary N) is 1. The van der Waals surface area contributed by atoms with E-state index in [1.54, 1.807) is 16.8 Å². The molecule has 6 nitrogen and oxygen atoms in total. The lowest BCUT2D eigenvalue weighted by molar-refractivity contribution is -0.119. The third-order valence-corrected chi connectivity index (χ3v) is 4.73. The molecule has 116 valence electrons. The van der Waals surface area contributed by atoms with Crippen LogP contribution >= 0.6 is 23.4 Å². The first kappa shape index (κ1) is 15.3. The van der Waals surface area contributed by atoms with Crippen LogP contribution in [-0.2, 0) is 4.79 Å². The minimum absolute atomic E-state index is 0.00931. The van der Waals surface area contributed by atoms with Crippen molar-refractivity contribution in [1.29, 1.82) is 0 Å². The summed E-state index contributed by atoms with van der Waals surface area (Å²) in [6.07, 6.45) is 2.42. The normalized spacial score (nSPS) is 15.5. The van der Waals surface area contributed by atoms with Crippen molar-refractivity contribution in [3.8, 4) is 5.69 Å². The molecule has 0 bridgehead atoms. The van der Waals surface area contributed by atoms with Gasteiger partial charge in [-0.2, -0.15) is 4.68 Å². The summed E-state index contributed by atoms with van der Waals surface area (Å²) in [5, 5.41) is 15.8. The van der Waals surface area contributed by atoms with Crippen molar-refractivity contribution in [2.45, 2.75) is 31.0 Å². The average Bonchev–Trinajstić information content (AvgIpc) is 3.25. The topological polar surface area (TPSA) is 72.7 Å². The van der Waals surface area contributed by atoms with Crippen molar-refractivity contribution in [3.05, 3.63) is 29.3 Å². The molecule has 8 heteroatoms. The Kier molecular flexibility index (Phi) is 4.63. The molecule has 1 saturated carbocycles. The van der Waals surface area contributed by atoms with E-state index in [4.69, 9.17) is 11.6 Å². The van der Waals surface area contributed by atoms with Crippen molar-refractivity contribution in [2.75, 3.05) is 5.75 Å². The molecule has 1 aromatic heterocycles. The zero-order valence-corrected chi connectivity index (χ0v) is 13.6. The van der Waals surface area contributed by atoms with Crippen molar-refractivity contribution < 1.29 is 4.79 Å². The predicted octanol–water partition coefficient (Wildman–Crippen LogP) is 2.32. The van der Waals surface area contributed by atoms with E-state index >= 15 is 0 Å². The van der Waals surface area contributed by atoms with Gasteiger partial charge in [-0.05, 0) is 60.4 Å². The Labute approximate surface area is 137 Å². The second-order valence-electron chi connectivity index (χ2n) is 5.33. The lowest BCUT2D eigenvalue weighted by atomic mass is 10.2. The van der Waals surface area contributed by atoms with E-state index in [1.165, 1.54) is 24.6 Å². The fraction of sp³-hybridized carbons (Fsp3) is 0.429. The number of carbonyl (C=O) groups excluding carboxylic acids is 1. The van der Waals surface area contributed by atoms with Gasteiger partial charge < -0.3 is 5.32 Å². The summed E-state index contributed by atoms with van der Waals surface area (Å²) < 4.78 is 1.60. The Morgan fingerprint density at radius 1 is 1.45 bits per heavy atom. The number of halogens is 1. The highest BCUT2D eigenvalue weighted by molar-refractivity contribution is 7.99. The van der Waals surface area contributed by atoms with E-state index < -0.39 is 0 Å². The van der Waals surface area contributed by atoms with E-state index in [0.29, 0.717) is 21.8 Å². The number of hydrogen-bond donors (Lipinski definition) is 1. The molecule has 1 aliphatic carbocycles. The second-order valence-corrected chi connectivity index (χ2v) is 6.71. The van der Waals surface area contributed by atoms with E-state index in [2.05, 4.69) is 27.8 Å². The summed E-state index contributed by atoms with van der Waals surface area (Å²) in [7, 11) is 0. The van der Waals surface area contributed by atoms with Crippen LogP contribution in [0.1, 0.15) is 19.8 Å². The molecule has 1 atom stereocenters. The smallest absolute Gasteiger partial charge is 0.230 e. The molecule has 1 fully saturated rings. The Balaban J connectivity index is 1.60. The molecule has 1 heterocycles. The minimum atomic E-state index is 0.00931. The monoisotopic (exact) mass is 337 g/mol. The van der Waals surface area contributed by atoms with Crippen molar-refractivity contribution >= 4 is 29.3 Å². The number of benzene rings is 1. The molecule has 22 heavy (non-hydrogen) atoms. The Bertz CT molecular complexity index is 656. The number of tetrazole rings is 1. The van der Waals surface area contributed by atoms with Crippen LogP contribution in [0.15, 0.2) is 29.4 Å². The highest BCUT2D eigenvalue weighted by Crippen LogP contribution is 2.32. The first-order chi connectivity index (χ1) is 10.6. The molecule has 0 saturated heterocycles. The molecular weight excluding hydrogens is 322 g/mol. The van der Waals surface area contributed by atoms with Gasteiger partial charge in [0.15, 0.2) is 0 Å². The lowest BCUT2D eigenvalue weighted by Crippen LogP contribution is -2.35. The standard InChI is InChI=1S/C14H16ClN5OS/c1-9(10-2-3-10)16-13(21)8-22-14-17-18-19-20(14)12-6-4-11(15)5-7-12/h4-7,9-10H,2-3,8H2,1H3,(H,16,21)/t9-/m1/s1. The molecule has 0 radical (unpaired) electrons. The maximum Gasteiger partial charge on any atom is 0.230 e. The summed E-state index contributed by atoms with van der Waals surface area (Å²) in [4.78, 5) is 11.9. The fourth-order valence-electron chi connectivity index (χ4n) is 2.15. The van der Waals surface area contributed by atoms with Crippen molar-refractivity contribution in [2.24, 2.45) is 5.92 Å². The largest absolute Gasteiger partial charge is 0.353 e. The van der Waals surface area contributed by atoms with E-state index in [0.717, 1.165) is 5.69 Å². The average molecular weight is 338 g/mol. The molecule has 0 unspecified atom stereocenters. The molecule has 1 N–H and O–H groups in total. The van der Waals surface area contributed by atoms with Gasteiger partial charge in [-0.15, -0.1) is 5.10 Å². The zero-order valence-electron chi connectivity index (χ0n) is 12.1. The highest BCUT2D eigenvalue weighted by Gasteiger charge is 2.28. The number of aromatic nitrogens is 4. The predicted molar refractivity (Wildman–Crippen MR) is 85.2 cm³/mol. The summed E-state index contributed by atoms with van der Waals surface area (Å²) >= 11 is 7.19. The van der Waals surface area contributed by atoms with Gasteiger partial charge in [-0.1, -0.05) is 23.4 Å². The summed E-state index contributed by atoms with van der Waals surface area (Å²) in [5.74, 6) is 0.953. The van der Waals surface area contributed by atoms with Crippen LogP contribution in [0, 0.1) is 5.92 Å². The van der Waals surface area contributed by atoms with Gasteiger partial charge in [0.25, 0.3) is 0 Å². The van der Waals surface area contributed by atoms with E-state index in [-0.39, 0.29) is 11.9 Å². The highest BCUT2D eigenvalue weighted by atomic mass is 35.5. The molecule has 1 aliphatic rings. The number of rotatable bonds is 6. The third-order valence-electron chi connectivity index (χ3n) is 3.56. The second kappa shape index (κ2) is 6.66. The molecule has 1 amide bonds. The number of thioether (sulfide) groups is 1. The SMILES string of the molecule is C[C@@H](NC(=O)CSc1nnnn1-c1ccc(Cl)cc1)C1CC1. The fourth-order valence-corrected chi connectivity index (χ4v) is 2.98. The molecule has 3 rings (SSSR count). The van der Waals surface area contributed by atoms with E-state index in [9.17, 15) is 4.79 Å². The molecule has 2 aromatic rings. The van der Waals surface area contributed by atoms with Crippen LogP contribution in [0.2, 0.25) is 5.02 Å². The van der Waals surface area contributed by atoms with E-state index in [1.807, 2.05) is 12.1 Å². The van der Waals surface area contributed by atoms with Crippen molar-refractivity contribution in [3.63, 3.8) is 0 Å². The Morgan fingerprint density at radius 2 is 2.18 bits per heavy atom. The molecular formula is C14H16ClN5OS. The van der Waals surface area contributed by atoms with Gasteiger partial charge in [0.1, 0.15) is 0 Å². The van der Waals surface area contributed by atoms with Crippen LogP contribution in [0.4, 0.5) is 0 Å². The number of nitrogens with zero attached hydrogens (tertiary/aromatic N) is 4. The van der Waals surface area contributed by atoms with Crippen LogP contribution in [0.5, 0.6) is 0 Å². The van der Waals surface area contributed by atoms with Gasteiger partial charge in [0.05, 0.1) is 11.4 Å². The number of carbonyl (C=O) groups is 1. The lowest BCUT2D eigenvalue weighted by Gasteiger charge is -2.12. The summed E-state index contributed by atoms with van der Waals surface area (Å²) in [6.45, 7) is 2.05. The Hall–Kier alpha value is -1.60. The third kappa shape index (κ3) is 3.78. The van der Waals surface area contributed by atoms with Gasteiger partial charge >= 0.3 is 0 Å². The first-order valence-corrected chi connectivity index (χ1v) is 8.46. The summed E-state index contributed by atoms with van der Waals surface area (Å²) in [6, 6.07) is 7.46. The van der Waals surface area contributed by atoms with Gasteiger partial charge in [0, 0.05) is 11.1 Å². The zero-order chi connectivity index (χ0) is 15.5. The minimum Gasteiger partial charge on any atom is -0.353 e. The van der Waals surface area contributed by atoms with Gasteiger partial charge in [-0.25, -0.2) is 0 Å². The number of hydrogen-bond acceptors (Lipinski definition) is 5. The van der Waals surface area contributed by atoms with Gasteiger partial charge in [-0.3, -0.25) is 4.79 Å². The summed E-state index contributed by atoms with van der Waals surface area (Å²) in [5.41, 5.74) is 0.809. The molecule has 0 spiro atoms. The van der Waals surface area contributed by atoms with Crippen molar-refractivity contribution in [1.82, 2.24) is 25.5 Å². The number of amides is 1. The first-order valence-electron chi connectivity index (χ1n) is 7.10.